The quantitative estimate of drug-likeness (QED) is 0.858. The van der Waals surface area contributed by atoms with Gasteiger partial charge < -0.3 is 14.7 Å². The molecule has 1 aliphatic heterocycles. The number of nitrogens with zero attached hydrogens (tertiary/aromatic N) is 3. The van der Waals surface area contributed by atoms with Crippen molar-refractivity contribution in [3.8, 4) is 17.0 Å². The van der Waals surface area contributed by atoms with Gasteiger partial charge >= 0.3 is 5.97 Å². The van der Waals surface area contributed by atoms with Crippen LogP contribution in [0.15, 0.2) is 30.5 Å². The van der Waals surface area contributed by atoms with E-state index in [2.05, 4.69) is 21.9 Å². The summed E-state index contributed by atoms with van der Waals surface area (Å²) in [5.74, 6) is 0.805. The maximum absolute atomic E-state index is 11.5. The highest BCUT2D eigenvalue weighted by Crippen LogP contribution is 2.26. The summed E-state index contributed by atoms with van der Waals surface area (Å²) in [7, 11) is 2.15. The lowest BCUT2D eigenvalue weighted by Crippen LogP contribution is -2.31. The highest BCUT2D eigenvalue weighted by molar-refractivity contribution is 5.92. The molecule has 1 saturated heterocycles. The van der Waals surface area contributed by atoms with Crippen LogP contribution in [-0.2, 0) is 6.42 Å². The summed E-state index contributed by atoms with van der Waals surface area (Å²) in [5, 5.41) is 9.44. The van der Waals surface area contributed by atoms with E-state index in [1.807, 2.05) is 19.1 Å². The van der Waals surface area contributed by atoms with E-state index in [0.717, 1.165) is 49.4 Å². The Bertz CT molecular complexity index is 771. The van der Waals surface area contributed by atoms with Crippen LogP contribution in [0.3, 0.4) is 0 Å². The van der Waals surface area contributed by atoms with Gasteiger partial charge in [0.25, 0.3) is 0 Å². The first-order chi connectivity index (χ1) is 12.6. The zero-order valence-corrected chi connectivity index (χ0v) is 15.3. The lowest BCUT2D eigenvalue weighted by atomic mass is 9.93. The Hall–Kier alpha value is -2.47. The predicted octanol–water partition coefficient (Wildman–Crippen LogP) is 3.12. The van der Waals surface area contributed by atoms with Gasteiger partial charge in [-0.2, -0.15) is 0 Å². The Morgan fingerprint density at radius 1 is 1.31 bits per heavy atom. The lowest BCUT2D eigenvalue weighted by molar-refractivity contribution is 0.0692. The summed E-state index contributed by atoms with van der Waals surface area (Å²) >= 11 is 0. The maximum Gasteiger partial charge on any atom is 0.339 e. The molecule has 0 bridgehead atoms. The second kappa shape index (κ2) is 8.27. The molecule has 6 nitrogen and oxygen atoms in total. The number of ether oxygens (including phenoxy) is 1. The normalized spacial score (nSPS) is 15.8. The molecule has 0 atom stereocenters. The Morgan fingerprint density at radius 2 is 2.08 bits per heavy atom. The molecule has 1 aliphatic rings. The van der Waals surface area contributed by atoms with Gasteiger partial charge in [0.05, 0.1) is 12.3 Å². The summed E-state index contributed by atoms with van der Waals surface area (Å²) in [6.45, 7) is 4.49. The van der Waals surface area contributed by atoms with E-state index < -0.39 is 5.97 Å². The van der Waals surface area contributed by atoms with Crippen LogP contribution in [0.5, 0.6) is 5.75 Å². The zero-order valence-electron chi connectivity index (χ0n) is 15.3. The molecule has 1 fully saturated rings. The third-order valence-corrected chi connectivity index (χ3v) is 4.82. The predicted molar refractivity (Wildman–Crippen MR) is 99.5 cm³/mol. The molecule has 0 saturated carbocycles. The van der Waals surface area contributed by atoms with Crippen molar-refractivity contribution >= 4 is 5.97 Å². The average molecular weight is 355 g/mol. The van der Waals surface area contributed by atoms with Crippen LogP contribution in [-0.4, -0.2) is 52.7 Å². The van der Waals surface area contributed by atoms with Crippen LogP contribution in [0.2, 0.25) is 0 Å². The molecule has 0 spiro atoms. The van der Waals surface area contributed by atoms with Gasteiger partial charge in [-0.25, -0.2) is 14.8 Å². The molecule has 0 unspecified atom stereocenters. The third-order valence-electron chi connectivity index (χ3n) is 4.82. The third kappa shape index (κ3) is 4.38. The molecule has 138 valence electrons. The fraction of sp³-hybridized carbons (Fsp3) is 0.450. The summed E-state index contributed by atoms with van der Waals surface area (Å²) in [5.41, 5.74) is 1.66. The van der Waals surface area contributed by atoms with E-state index >= 15 is 0 Å². The summed E-state index contributed by atoms with van der Waals surface area (Å²) < 4.78 is 5.40. The second-order valence-electron chi connectivity index (χ2n) is 6.76. The van der Waals surface area contributed by atoms with E-state index in [4.69, 9.17) is 4.74 Å². The van der Waals surface area contributed by atoms with Gasteiger partial charge in [-0.1, -0.05) is 0 Å². The standard InChI is InChI=1S/C20H25N3O3/c1-3-26-18-5-4-15(13-16(18)20(24)25)17-6-9-21-19(22-17)12-14-7-10-23(2)11-8-14/h4-6,9,13-14H,3,7-8,10-12H2,1-2H3,(H,24,25). The van der Waals surface area contributed by atoms with E-state index in [1.54, 1.807) is 18.3 Å². The van der Waals surface area contributed by atoms with Crippen molar-refractivity contribution < 1.29 is 14.6 Å². The first-order valence-electron chi connectivity index (χ1n) is 9.07. The van der Waals surface area contributed by atoms with Crippen molar-refractivity contribution in [1.29, 1.82) is 0 Å². The fourth-order valence-corrected chi connectivity index (χ4v) is 3.32. The molecule has 2 aromatic rings. The number of carboxylic acids is 1. The molecule has 6 heteroatoms. The van der Waals surface area contributed by atoms with Crippen LogP contribution in [0.1, 0.15) is 35.9 Å². The number of aromatic carboxylic acids is 1. The van der Waals surface area contributed by atoms with Crippen LogP contribution >= 0.6 is 0 Å². The number of carbonyl (C=O) groups is 1. The van der Waals surface area contributed by atoms with Crippen molar-refractivity contribution in [3.63, 3.8) is 0 Å². The fourth-order valence-electron chi connectivity index (χ4n) is 3.32. The van der Waals surface area contributed by atoms with Crippen LogP contribution in [0.25, 0.3) is 11.3 Å². The molecule has 3 rings (SSSR count). The number of piperidine rings is 1. The number of rotatable bonds is 6. The second-order valence-corrected chi connectivity index (χ2v) is 6.76. The SMILES string of the molecule is CCOc1ccc(-c2ccnc(CC3CCN(C)CC3)n2)cc1C(=O)O. The number of hydrogen-bond donors (Lipinski definition) is 1. The molecule has 1 aromatic carbocycles. The molecular formula is C20H25N3O3. The first-order valence-corrected chi connectivity index (χ1v) is 9.07. The van der Waals surface area contributed by atoms with Gasteiger partial charge in [0.2, 0.25) is 0 Å². The topological polar surface area (TPSA) is 75.5 Å². The lowest BCUT2D eigenvalue weighted by Gasteiger charge is -2.28. The first kappa shape index (κ1) is 18.3. The minimum atomic E-state index is -1.00. The van der Waals surface area contributed by atoms with Crippen molar-refractivity contribution in [1.82, 2.24) is 14.9 Å². The number of benzene rings is 1. The average Bonchev–Trinajstić information content (AvgIpc) is 2.64. The van der Waals surface area contributed by atoms with Crippen molar-refractivity contribution in [2.45, 2.75) is 26.2 Å². The van der Waals surface area contributed by atoms with E-state index in [9.17, 15) is 9.90 Å². The van der Waals surface area contributed by atoms with Crippen molar-refractivity contribution in [2.75, 3.05) is 26.7 Å². The van der Waals surface area contributed by atoms with Gasteiger partial charge in [0.1, 0.15) is 17.1 Å². The highest BCUT2D eigenvalue weighted by Gasteiger charge is 2.19. The molecule has 0 amide bonds. The van der Waals surface area contributed by atoms with Crippen LogP contribution in [0.4, 0.5) is 0 Å². The largest absolute Gasteiger partial charge is 0.493 e. The van der Waals surface area contributed by atoms with Gasteiger partial charge in [-0.05, 0) is 70.1 Å². The molecular weight excluding hydrogens is 330 g/mol. The van der Waals surface area contributed by atoms with Crippen LogP contribution < -0.4 is 4.74 Å². The van der Waals surface area contributed by atoms with Gasteiger partial charge in [0.15, 0.2) is 0 Å². The smallest absolute Gasteiger partial charge is 0.339 e. The molecule has 0 radical (unpaired) electrons. The molecule has 1 aromatic heterocycles. The maximum atomic E-state index is 11.5. The molecule has 1 N–H and O–H groups in total. The molecule has 26 heavy (non-hydrogen) atoms. The number of carboxylic acid groups (broad SMARTS) is 1. The van der Waals surface area contributed by atoms with E-state index in [0.29, 0.717) is 18.3 Å². The Balaban J connectivity index is 1.81. The zero-order chi connectivity index (χ0) is 18.5. The minimum Gasteiger partial charge on any atom is -0.493 e. The summed E-state index contributed by atoms with van der Waals surface area (Å²) in [4.78, 5) is 23.0. The Labute approximate surface area is 153 Å². The summed E-state index contributed by atoms with van der Waals surface area (Å²) in [6, 6.07) is 6.98. The minimum absolute atomic E-state index is 0.153. The van der Waals surface area contributed by atoms with Crippen molar-refractivity contribution in [2.24, 2.45) is 5.92 Å². The van der Waals surface area contributed by atoms with Gasteiger partial charge in [0, 0.05) is 18.2 Å². The van der Waals surface area contributed by atoms with Crippen LogP contribution in [0, 0.1) is 5.92 Å². The highest BCUT2D eigenvalue weighted by atomic mass is 16.5. The van der Waals surface area contributed by atoms with Crippen molar-refractivity contribution in [3.05, 3.63) is 41.9 Å². The van der Waals surface area contributed by atoms with Gasteiger partial charge in [-0.3, -0.25) is 0 Å². The number of likely N-dealkylation sites (tertiary alicyclic amines) is 1. The van der Waals surface area contributed by atoms with E-state index in [-0.39, 0.29) is 5.56 Å². The molecule has 2 heterocycles. The van der Waals surface area contributed by atoms with Gasteiger partial charge in [-0.15, -0.1) is 0 Å². The Kier molecular flexibility index (Phi) is 5.83. The number of hydrogen-bond acceptors (Lipinski definition) is 5. The monoisotopic (exact) mass is 355 g/mol. The summed E-state index contributed by atoms with van der Waals surface area (Å²) in [6.07, 6.45) is 4.95. The van der Waals surface area contributed by atoms with E-state index in [1.165, 1.54) is 0 Å². The Morgan fingerprint density at radius 3 is 2.77 bits per heavy atom. The molecule has 0 aliphatic carbocycles. The number of aromatic nitrogens is 2.